The Bertz CT molecular complexity index is 745. The van der Waals surface area contributed by atoms with Crippen molar-refractivity contribution < 1.29 is 9.53 Å². The number of carbonyl (C=O) groups excluding carboxylic acids is 1. The van der Waals surface area contributed by atoms with Crippen molar-refractivity contribution in [3.05, 3.63) is 33.1 Å². The van der Waals surface area contributed by atoms with Crippen LogP contribution >= 0.6 is 22.9 Å². The van der Waals surface area contributed by atoms with Gasteiger partial charge in [0, 0.05) is 17.1 Å². The molecule has 0 aromatic carbocycles. The molecule has 0 spiro atoms. The Balaban J connectivity index is 1.75. The van der Waals surface area contributed by atoms with Crippen molar-refractivity contribution in [1.29, 1.82) is 0 Å². The highest BCUT2D eigenvalue weighted by Gasteiger charge is 2.31. The third-order valence-corrected chi connectivity index (χ3v) is 4.25. The fraction of sp³-hybridized carbons (Fsp3) is 0.467. The molecule has 3 heterocycles. The first-order chi connectivity index (χ1) is 11.3. The highest BCUT2D eigenvalue weighted by molar-refractivity contribution is 7.09. The smallest absolute Gasteiger partial charge is 0.410 e. The molecule has 1 amide bonds. The highest BCUT2D eigenvalue weighted by Crippen LogP contribution is 2.29. The fourth-order valence-electron chi connectivity index (χ4n) is 2.33. The van der Waals surface area contributed by atoms with Crippen LogP contribution in [0.2, 0.25) is 5.28 Å². The summed E-state index contributed by atoms with van der Waals surface area (Å²) in [6.07, 6.45) is 1.38. The van der Waals surface area contributed by atoms with Crippen molar-refractivity contribution in [2.45, 2.75) is 46.0 Å². The SMILES string of the molecule is CC(C)(C)OC(=O)N1Cc2nc(Cl)nc(NCc3nccs3)c2C1. The Morgan fingerprint density at radius 3 is 2.88 bits per heavy atom. The number of hydrogen-bond acceptors (Lipinski definition) is 7. The van der Waals surface area contributed by atoms with E-state index in [4.69, 9.17) is 16.3 Å². The van der Waals surface area contributed by atoms with Crippen LogP contribution in [0.15, 0.2) is 11.6 Å². The van der Waals surface area contributed by atoms with Crippen LogP contribution in [0.5, 0.6) is 0 Å². The summed E-state index contributed by atoms with van der Waals surface area (Å²) in [5, 5.41) is 6.24. The second-order valence-corrected chi connectivity index (χ2v) is 7.70. The van der Waals surface area contributed by atoms with Crippen molar-refractivity contribution in [2.24, 2.45) is 0 Å². The van der Waals surface area contributed by atoms with E-state index in [0.29, 0.717) is 25.5 Å². The molecule has 0 atom stereocenters. The van der Waals surface area contributed by atoms with Gasteiger partial charge in [0.2, 0.25) is 5.28 Å². The first kappa shape index (κ1) is 16.9. The standard InChI is InChI=1S/C15H18ClN5O2S/c1-15(2,3)23-14(22)21-7-9-10(8-21)19-13(16)20-12(9)18-6-11-17-4-5-24-11/h4-5H,6-8H2,1-3H3,(H,18,19,20). The zero-order chi connectivity index (χ0) is 17.3. The Morgan fingerprint density at radius 2 is 2.21 bits per heavy atom. The molecule has 0 aliphatic carbocycles. The molecular weight excluding hydrogens is 350 g/mol. The Morgan fingerprint density at radius 1 is 1.42 bits per heavy atom. The van der Waals surface area contributed by atoms with Gasteiger partial charge in [-0.3, -0.25) is 4.90 Å². The number of rotatable bonds is 3. The maximum absolute atomic E-state index is 12.3. The number of fused-ring (bicyclic) bond motifs is 1. The van der Waals surface area contributed by atoms with Crippen LogP contribution < -0.4 is 5.32 Å². The topological polar surface area (TPSA) is 80.2 Å². The molecule has 9 heteroatoms. The van der Waals surface area contributed by atoms with E-state index in [2.05, 4.69) is 20.3 Å². The molecule has 0 fully saturated rings. The molecule has 2 aromatic heterocycles. The minimum absolute atomic E-state index is 0.154. The lowest BCUT2D eigenvalue weighted by Crippen LogP contribution is -2.33. The first-order valence-corrected chi connectivity index (χ1v) is 8.73. The summed E-state index contributed by atoms with van der Waals surface area (Å²) < 4.78 is 5.42. The maximum Gasteiger partial charge on any atom is 0.410 e. The van der Waals surface area contributed by atoms with Crippen LogP contribution in [0.4, 0.5) is 10.6 Å². The zero-order valence-electron chi connectivity index (χ0n) is 13.7. The molecule has 3 rings (SSSR count). The van der Waals surface area contributed by atoms with Crippen molar-refractivity contribution in [3.63, 3.8) is 0 Å². The average molecular weight is 368 g/mol. The number of aromatic nitrogens is 3. The number of anilines is 1. The molecule has 1 aliphatic heterocycles. The van der Waals surface area contributed by atoms with Crippen LogP contribution in [0, 0.1) is 0 Å². The van der Waals surface area contributed by atoms with E-state index in [-0.39, 0.29) is 11.4 Å². The molecule has 2 aromatic rings. The van der Waals surface area contributed by atoms with Crippen LogP contribution in [0.3, 0.4) is 0 Å². The van der Waals surface area contributed by atoms with Crippen LogP contribution in [0.25, 0.3) is 0 Å². The number of thiazole rings is 1. The molecule has 128 valence electrons. The van der Waals surface area contributed by atoms with Gasteiger partial charge >= 0.3 is 6.09 Å². The molecular formula is C15H18ClN5O2S. The van der Waals surface area contributed by atoms with Gasteiger partial charge in [-0.05, 0) is 32.4 Å². The quantitative estimate of drug-likeness (QED) is 0.837. The number of nitrogens with one attached hydrogen (secondary N) is 1. The second kappa shape index (κ2) is 6.52. The molecule has 24 heavy (non-hydrogen) atoms. The lowest BCUT2D eigenvalue weighted by atomic mass is 10.2. The van der Waals surface area contributed by atoms with Gasteiger partial charge in [0.1, 0.15) is 16.4 Å². The minimum Gasteiger partial charge on any atom is -0.444 e. The number of halogens is 1. The van der Waals surface area contributed by atoms with Gasteiger partial charge in [-0.1, -0.05) is 0 Å². The van der Waals surface area contributed by atoms with Gasteiger partial charge < -0.3 is 10.1 Å². The first-order valence-electron chi connectivity index (χ1n) is 7.47. The zero-order valence-corrected chi connectivity index (χ0v) is 15.2. The van der Waals surface area contributed by atoms with Crippen LogP contribution in [-0.2, 0) is 24.4 Å². The summed E-state index contributed by atoms with van der Waals surface area (Å²) in [6, 6.07) is 0. The van der Waals surface area contributed by atoms with E-state index in [1.807, 2.05) is 26.2 Å². The minimum atomic E-state index is -0.541. The number of hydrogen-bond donors (Lipinski definition) is 1. The number of carbonyl (C=O) groups is 1. The molecule has 1 N–H and O–H groups in total. The molecule has 0 bridgehead atoms. The third-order valence-electron chi connectivity index (χ3n) is 3.30. The van der Waals surface area contributed by atoms with Gasteiger partial charge in [-0.2, -0.15) is 0 Å². The van der Waals surface area contributed by atoms with Crippen LogP contribution in [-0.4, -0.2) is 31.5 Å². The van der Waals surface area contributed by atoms with E-state index in [1.165, 1.54) is 0 Å². The second-order valence-electron chi connectivity index (χ2n) is 6.38. The third kappa shape index (κ3) is 3.93. The van der Waals surface area contributed by atoms with Crippen molar-refractivity contribution in [3.8, 4) is 0 Å². The Hall–Kier alpha value is -1.93. The highest BCUT2D eigenvalue weighted by atomic mass is 35.5. The summed E-state index contributed by atoms with van der Waals surface area (Å²) in [7, 11) is 0. The monoisotopic (exact) mass is 367 g/mol. The maximum atomic E-state index is 12.3. The van der Waals surface area contributed by atoms with Crippen molar-refractivity contribution in [1.82, 2.24) is 19.9 Å². The fourth-order valence-corrected chi connectivity index (χ4v) is 3.07. The van der Waals surface area contributed by atoms with E-state index in [1.54, 1.807) is 22.4 Å². The summed E-state index contributed by atoms with van der Waals surface area (Å²) in [5.74, 6) is 0.631. The van der Waals surface area contributed by atoms with Gasteiger partial charge in [0.05, 0.1) is 25.3 Å². The summed E-state index contributed by atoms with van der Waals surface area (Å²) >= 11 is 7.57. The van der Waals surface area contributed by atoms with Crippen LogP contribution in [0.1, 0.15) is 37.0 Å². The molecule has 0 radical (unpaired) electrons. The van der Waals surface area contributed by atoms with Gasteiger partial charge in [0.15, 0.2) is 0 Å². The summed E-state index contributed by atoms with van der Waals surface area (Å²) in [5.41, 5.74) is 1.06. The van der Waals surface area contributed by atoms with E-state index in [9.17, 15) is 4.79 Å². The predicted molar refractivity (Wildman–Crippen MR) is 92.0 cm³/mol. The van der Waals surface area contributed by atoms with E-state index < -0.39 is 5.60 Å². The predicted octanol–water partition coefficient (Wildman–Crippen LogP) is 3.45. The van der Waals surface area contributed by atoms with Gasteiger partial charge in [-0.15, -0.1) is 11.3 Å². The van der Waals surface area contributed by atoms with Crippen molar-refractivity contribution >= 4 is 34.8 Å². The Kier molecular flexibility index (Phi) is 4.60. The van der Waals surface area contributed by atoms with E-state index in [0.717, 1.165) is 16.3 Å². The summed E-state index contributed by atoms with van der Waals surface area (Å²) in [4.78, 5) is 26.6. The molecule has 0 saturated heterocycles. The molecule has 7 nitrogen and oxygen atoms in total. The average Bonchev–Trinajstić information content (AvgIpc) is 3.11. The van der Waals surface area contributed by atoms with Gasteiger partial charge in [0.25, 0.3) is 0 Å². The number of amides is 1. The molecule has 1 aliphatic rings. The normalized spacial score (nSPS) is 13.8. The number of ether oxygens (including phenoxy) is 1. The largest absolute Gasteiger partial charge is 0.444 e. The van der Waals surface area contributed by atoms with Gasteiger partial charge in [-0.25, -0.2) is 19.7 Å². The summed E-state index contributed by atoms with van der Waals surface area (Å²) in [6.45, 7) is 6.81. The Labute approximate surface area is 149 Å². The number of nitrogens with zero attached hydrogens (tertiary/aromatic N) is 4. The lowest BCUT2D eigenvalue weighted by molar-refractivity contribution is 0.0241. The lowest BCUT2D eigenvalue weighted by Gasteiger charge is -2.24. The van der Waals surface area contributed by atoms with Crippen molar-refractivity contribution in [2.75, 3.05) is 5.32 Å². The van der Waals surface area contributed by atoms with E-state index >= 15 is 0 Å². The molecule has 0 saturated carbocycles. The molecule has 0 unspecified atom stereocenters.